The van der Waals surface area contributed by atoms with Crippen molar-refractivity contribution in [2.24, 2.45) is 11.8 Å². The van der Waals surface area contributed by atoms with Gasteiger partial charge in [-0.1, -0.05) is 19.9 Å². The molecule has 114 valence electrons. The van der Waals surface area contributed by atoms with Crippen molar-refractivity contribution in [1.29, 1.82) is 0 Å². The zero-order valence-corrected chi connectivity index (χ0v) is 13.7. The molecule has 21 heavy (non-hydrogen) atoms. The quantitative estimate of drug-likeness (QED) is 0.851. The molecule has 2 atom stereocenters. The summed E-state index contributed by atoms with van der Waals surface area (Å²) in [4.78, 5) is 25.4. The van der Waals surface area contributed by atoms with Gasteiger partial charge in [0.2, 0.25) is 0 Å². The van der Waals surface area contributed by atoms with Crippen molar-refractivity contribution in [1.82, 2.24) is 4.90 Å². The van der Waals surface area contributed by atoms with Crippen molar-refractivity contribution < 1.29 is 14.7 Å². The number of amides is 2. The zero-order chi connectivity index (χ0) is 15.6. The van der Waals surface area contributed by atoms with Crippen LogP contribution in [0.15, 0.2) is 22.7 Å². The van der Waals surface area contributed by atoms with Gasteiger partial charge in [-0.2, -0.15) is 0 Å². The van der Waals surface area contributed by atoms with Gasteiger partial charge in [0.15, 0.2) is 0 Å². The van der Waals surface area contributed by atoms with Crippen LogP contribution in [0, 0.1) is 11.8 Å². The number of urea groups is 1. The first-order chi connectivity index (χ1) is 9.88. The summed E-state index contributed by atoms with van der Waals surface area (Å²) in [6.07, 6.45) is 1.11. The number of halogens is 1. The number of benzene rings is 1. The Bertz CT molecular complexity index is 552. The van der Waals surface area contributed by atoms with E-state index in [0.717, 1.165) is 6.42 Å². The molecule has 1 aliphatic rings. The van der Waals surface area contributed by atoms with E-state index in [1.807, 2.05) is 0 Å². The van der Waals surface area contributed by atoms with Gasteiger partial charge in [-0.15, -0.1) is 0 Å². The van der Waals surface area contributed by atoms with Gasteiger partial charge in [0, 0.05) is 17.6 Å². The zero-order valence-electron chi connectivity index (χ0n) is 12.1. The molecule has 2 rings (SSSR count). The number of carbonyl (C=O) groups is 2. The minimum Gasteiger partial charge on any atom is -0.478 e. The highest BCUT2D eigenvalue weighted by molar-refractivity contribution is 9.10. The number of likely N-dealkylation sites (tertiary alicyclic amines) is 1. The molecule has 1 fully saturated rings. The Morgan fingerprint density at radius 3 is 2.48 bits per heavy atom. The van der Waals surface area contributed by atoms with Gasteiger partial charge in [-0.05, 0) is 46.3 Å². The van der Waals surface area contributed by atoms with E-state index in [4.69, 9.17) is 0 Å². The second-order valence-corrected chi connectivity index (χ2v) is 6.60. The molecule has 0 saturated carbocycles. The van der Waals surface area contributed by atoms with Gasteiger partial charge >= 0.3 is 12.0 Å². The molecule has 0 bridgehead atoms. The van der Waals surface area contributed by atoms with Crippen LogP contribution in [-0.4, -0.2) is 35.1 Å². The third-order valence-corrected chi connectivity index (χ3v) is 4.29. The van der Waals surface area contributed by atoms with Crippen LogP contribution in [-0.2, 0) is 0 Å². The molecule has 1 heterocycles. The number of para-hydroxylation sites is 1. The highest BCUT2D eigenvalue weighted by Gasteiger charge is 2.26. The summed E-state index contributed by atoms with van der Waals surface area (Å²) in [5.74, 6) is -0.151. The van der Waals surface area contributed by atoms with E-state index in [9.17, 15) is 14.7 Å². The molecule has 1 aliphatic heterocycles. The number of anilines is 1. The summed E-state index contributed by atoms with van der Waals surface area (Å²) < 4.78 is 0.564. The van der Waals surface area contributed by atoms with Gasteiger partial charge in [0.05, 0.1) is 11.3 Å². The number of hydrogen-bond acceptors (Lipinski definition) is 2. The molecule has 0 aromatic heterocycles. The minimum absolute atomic E-state index is 0.0795. The second-order valence-electron chi connectivity index (χ2n) is 5.75. The molecule has 1 aromatic carbocycles. The summed E-state index contributed by atoms with van der Waals surface area (Å²) in [5.41, 5.74) is 0.386. The lowest BCUT2D eigenvalue weighted by Crippen LogP contribution is -2.44. The summed E-state index contributed by atoms with van der Waals surface area (Å²) in [7, 11) is 0. The standard InChI is InChI=1S/C15H19BrN2O3/c1-9-6-10(2)8-18(7-9)15(21)17-13-11(14(19)20)4-3-5-12(13)16/h3-5,9-10H,6-8H2,1-2H3,(H,17,21)(H,19,20). The molecule has 2 N–H and O–H groups in total. The number of hydrogen-bond donors (Lipinski definition) is 2. The third kappa shape index (κ3) is 3.75. The van der Waals surface area contributed by atoms with Crippen molar-refractivity contribution in [3.63, 3.8) is 0 Å². The molecule has 1 saturated heterocycles. The smallest absolute Gasteiger partial charge is 0.337 e. The second kappa shape index (κ2) is 6.47. The monoisotopic (exact) mass is 354 g/mol. The Balaban J connectivity index is 2.18. The Morgan fingerprint density at radius 2 is 1.90 bits per heavy atom. The van der Waals surface area contributed by atoms with Crippen molar-refractivity contribution in [2.75, 3.05) is 18.4 Å². The van der Waals surface area contributed by atoms with Crippen molar-refractivity contribution in [2.45, 2.75) is 20.3 Å². The van der Waals surface area contributed by atoms with Crippen molar-refractivity contribution in [3.05, 3.63) is 28.2 Å². The SMILES string of the molecule is CC1CC(C)CN(C(=O)Nc2c(Br)cccc2C(=O)O)C1. The van der Waals surface area contributed by atoms with E-state index in [0.29, 0.717) is 35.1 Å². The van der Waals surface area contributed by atoms with E-state index in [-0.39, 0.29) is 11.6 Å². The van der Waals surface area contributed by atoms with Crippen LogP contribution in [0.5, 0.6) is 0 Å². The molecule has 5 nitrogen and oxygen atoms in total. The lowest BCUT2D eigenvalue weighted by molar-refractivity contribution is 0.0698. The van der Waals surface area contributed by atoms with Gasteiger partial charge in [-0.25, -0.2) is 9.59 Å². The van der Waals surface area contributed by atoms with Crippen LogP contribution >= 0.6 is 15.9 Å². The maximum Gasteiger partial charge on any atom is 0.337 e. The van der Waals surface area contributed by atoms with Gasteiger partial charge in [0.25, 0.3) is 0 Å². The Hall–Kier alpha value is -1.56. The predicted octanol–water partition coefficient (Wildman–Crippen LogP) is 3.66. The van der Waals surface area contributed by atoms with Crippen molar-refractivity contribution >= 4 is 33.6 Å². The van der Waals surface area contributed by atoms with Gasteiger partial charge in [0.1, 0.15) is 0 Å². The summed E-state index contributed by atoms with van der Waals surface area (Å²) in [6, 6.07) is 4.57. The fraction of sp³-hybridized carbons (Fsp3) is 0.467. The van der Waals surface area contributed by atoms with E-state index >= 15 is 0 Å². The molecule has 2 unspecified atom stereocenters. The van der Waals surface area contributed by atoms with Gasteiger partial charge < -0.3 is 15.3 Å². The summed E-state index contributed by atoms with van der Waals surface area (Å²) >= 11 is 3.30. The molecule has 2 amide bonds. The molecule has 0 aliphatic carbocycles. The number of nitrogens with one attached hydrogen (secondary N) is 1. The molecular formula is C15H19BrN2O3. The molecule has 1 aromatic rings. The largest absolute Gasteiger partial charge is 0.478 e. The average Bonchev–Trinajstić information content (AvgIpc) is 2.39. The predicted molar refractivity (Wildman–Crippen MR) is 84.6 cm³/mol. The van der Waals surface area contributed by atoms with E-state index in [2.05, 4.69) is 35.1 Å². The average molecular weight is 355 g/mol. The summed E-state index contributed by atoms with van der Waals surface area (Å²) in [5, 5.41) is 11.9. The lowest BCUT2D eigenvalue weighted by Gasteiger charge is -2.35. The van der Waals surface area contributed by atoms with Crippen LogP contribution in [0.2, 0.25) is 0 Å². The normalized spacial score (nSPS) is 22.0. The van der Waals surface area contributed by atoms with Gasteiger partial charge in [-0.3, -0.25) is 0 Å². The van der Waals surface area contributed by atoms with E-state index < -0.39 is 5.97 Å². The highest BCUT2D eigenvalue weighted by atomic mass is 79.9. The number of carboxylic acids is 1. The Labute approximate surface area is 132 Å². The summed E-state index contributed by atoms with van der Waals surface area (Å²) in [6.45, 7) is 5.64. The Morgan fingerprint density at radius 1 is 1.29 bits per heavy atom. The van der Waals surface area contributed by atoms with Crippen LogP contribution in [0.25, 0.3) is 0 Å². The highest BCUT2D eigenvalue weighted by Crippen LogP contribution is 2.28. The van der Waals surface area contributed by atoms with Crippen LogP contribution in [0.1, 0.15) is 30.6 Å². The number of rotatable bonds is 2. The van der Waals surface area contributed by atoms with Crippen molar-refractivity contribution in [3.8, 4) is 0 Å². The first-order valence-corrected chi connectivity index (χ1v) is 7.75. The van der Waals surface area contributed by atoms with Crippen LogP contribution in [0.4, 0.5) is 10.5 Å². The fourth-order valence-corrected chi connectivity index (χ4v) is 3.31. The first kappa shape index (κ1) is 15.8. The number of aromatic carboxylic acids is 1. The third-order valence-electron chi connectivity index (χ3n) is 3.63. The first-order valence-electron chi connectivity index (χ1n) is 6.96. The minimum atomic E-state index is -1.06. The number of nitrogens with zero attached hydrogens (tertiary/aromatic N) is 1. The number of carbonyl (C=O) groups excluding carboxylic acids is 1. The van der Waals surface area contributed by atoms with Crippen LogP contribution in [0.3, 0.4) is 0 Å². The maximum absolute atomic E-state index is 12.4. The lowest BCUT2D eigenvalue weighted by atomic mass is 9.92. The molecular weight excluding hydrogens is 336 g/mol. The number of carboxylic acid groups (broad SMARTS) is 1. The molecule has 6 heteroatoms. The van der Waals surface area contributed by atoms with E-state index in [1.165, 1.54) is 6.07 Å². The molecule has 0 radical (unpaired) electrons. The fourth-order valence-electron chi connectivity index (χ4n) is 2.84. The number of piperidine rings is 1. The Kier molecular flexibility index (Phi) is 4.88. The molecule has 0 spiro atoms. The van der Waals surface area contributed by atoms with E-state index in [1.54, 1.807) is 17.0 Å². The topological polar surface area (TPSA) is 69.6 Å². The van der Waals surface area contributed by atoms with Crippen LogP contribution < -0.4 is 5.32 Å². The maximum atomic E-state index is 12.4.